The van der Waals surface area contributed by atoms with Gasteiger partial charge in [-0.2, -0.15) is 0 Å². The number of nitrogens with one attached hydrogen (secondary N) is 1. The van der Waals surface area contributed by atoms with E-state index >= 15 is 0 Å². The van der Waals surface area contributed by atoms with E-state index in [4.69, 9.17) is 0 Å². The molecule has 1 saturated heterocycles. The maximum absolute atomic E-state index is 10.9. The van der Waals surface area contributed by atoms with Crippen LogP contribution in [0.4, 0.5) is 5.69 Å². The van der Waals surface area contributed by atoms with Gasteiger partial charge in [-0.25, -0.2) is 0 Å². The number of benzene rings is 1. The molecule has 1 unspecified atom stereocenters. The van der Waals surface area contributed by atoms with Gasteiger partial charge in [0.05, 0.1) is 4.92 Å². The number of nitro groups is 1. The van der Waals surface area contributed by atoms with Crippen molar-refractivity contribution >= 4 is 5.69 Å². The van der Waals surface area contributed by atoms with Gasteiger partial charge in [0.1, 0.15) is 0 Å². The van der Waals surface area contributed by atoms with E-state index in [2.05, 4.69) is 10.2 Å². The molecule has 0 saturated carbocycles. The second kappa shape index (κ2) is 6.12. The van der Waals surface area contributed by atoms with Crippen molar-refractivity contribution in [3.05, 3.63) is 39.4 Å². The van der Waals surface area contributed by atoms with E-state index in [1.54, 1.807) is 12.1 Å². The molecule has 0 radical (unpaired) electrons. The quantitative estimate of drug-likeness (QED) is 0.651. The predicted molar refractivity (Wildman–Crippen MR) is 75.1 cm³/mol. The van der Waals surface area contributed by atoms with E-state index in [1.807, 2.05) is 20.0 Å². The van der Waals surface area contributed by atoms with Gasteiger partial charge < -0.3 is 5.32 Å². The Labute approximate surface area is 113 Å². The van der Waals surface area contributed by atoms with Gasteiger partial charge in [0.2, 0.25) is 0 Å². The van der Waals surface area contributed by atoms with Gasteiger partial charge >= 0.3 is 0 Å². The summed E-state index contributed by atoms with van der Waals surface area (Å²) in [5, 5.41) is 14.1. The zero-order valence-corrected chi connectivity index (χ0v) is 11.6. The largest absolute Gasteiger partial charge is 0.319 e. The molecule has 1 heterocycles. The fourth-order valence-electron chi connectivity index (χ4n) is 2.79. The molecule has 5 heteroatoms. The Hall–Kier alpha value is -1.46. The average Bonchev–Trinajstić information content (AvgIpc) is 2.79. The maximum atomic E-state index is 10.9. The molecule has 1 atom stereocenters. The number of hydrogen-bond acceptors (Lipinski definition) is 4. The Bertz CT molecular complexity index is 462. The van der Waals surface area contributed by atoms with Crippen LogP contribution >= 0.6 is 0 Å². The van der Waals surface area contributed by atoms with Gasteiger partial charge in [0.25, 0.3) is 5.69 Å². The molecule has 0 aromatic heterocycles. The first kappa shape index (κ1) is 14.0. The molecule has 1 aromatic rings. The maximum Gasteiger partial charge on any atom is 0.272 e. The van der Waals surface area contributed by atoms with Crippen LogP contribution in [0.2, 0.25) is 0 Å². The second-order valence-corrected chi connectivity index (χ2v) is 5.27. The molecule has 19 heavy (non-hydrogen) atoms. The lowest BCUT2D eigenvalue weighted by Crippen LogP contribution is -2.24. The van der Waals surface area contributed by atoms with E-state index in [1.165, 1.54) is 6.42 Å². The Morgan fingerprint density at radius 2 is 2.32 bits per heavy atom. The van der Waals surface area contributed by atoms with Crippen molar-refractivity contribution in [1.29, 1.82) is 0 Å². The van der Waals surface area contributed by atoms with Gasteiger partial charge in [-0.3, -0.25) is 15.0 Å². The van der Waals surface area contributed by atoms with Gasteiger partial charge in [-0.1, -0.05) is 12.1 Å². The SMILES string of the molecule is CNCC1CCN(Cc2cccc([N+](=O)[O-])c2C)C1. The van der Waals surface area contributed by atoms with Crippen LogP contribution in [-0.2, 0) is 6.54 Å². The van der Waals surface area contributed by atoms with Gasteiger partial charge in [0.15, 0.2) is 0 Å². The molecule has 1 N–H and O–H groups in total. The third kappa shape index (κ3) is 3.30. The standard InChI is InChI=1S/C14H21N3O2/c1-11-13(4-3-5-14(11)17(18)19)10-16-7-6-12(9-16)8-15-2/h3-5,12,15H,6-10H2,1-2H3. The minimum Gasteiger partial charge on any atom is -0.319 e. The number of nitro benzene ring substituents is 1. The van der Waals surface area contributed by atoms with Crippen LogP contribution in [-0.4, -0.2) is 36.5 Å². The zero-order valence-electron chi connectivity index (χ0n) is 11.6. The van der Waals surface area contributed by atoms with Crippen LogP contribution in [0, 0.1) is 23.0 Å². The van der Waals surface area contributed by atoms with Crippen LogP contribution in [0.1, 0.15) is 17.5 Å². The summed E-state index contributed by atoms with van der Waals surface area (Å²) in [5.41, 5.74) is 2.09. The summed E-state index contributed by atoms with van der Waals surface area (Å²) in [6.45, 7) is 5.85. The van der Waals surface area contributed by atoms with Crippen molar-refractivity contribution in [3.63, 3.8) is 0 Å². The fraction of sp³-hybridized carbons (Fsp3) is 0.571. The first-order valence-electron chi connectivity index (χ1n) is 6.71. The van der Waals surface area contributed by atoms with Crippen molar-refractivity contribution < 1.29 is 4.92 Å². The Kier molecular flexibility index (Phi) is 4.50. The minimum atomic E-state index is -0.299. The smallest absolute Gasteiger partial charge is 0.272 e. The van der Waals surface area contributed by atoms with Crippen LogP contribution in [0.25, 0.3) is 0 Å². The van der Waals surface area contributed by atoms with Gasteiger partial charge in [-0.15, -0.1) is 0 Å². The monoisotopic (exact) mass is 263 g/mol. The van der Waals surface area contributed by atoms with Crippen molar-refractivity contribution in [3.8, 4) is 0 Å². The first-order chi connectivity index (χ1) is 9.11. The van der Waals surface area contributed by atoms with E-state index < -0.39 is 0 Å². The number of nitrogens with zero attached hydrogens (tertiary/aromatic N) is 2. The molecule has 104 valence electrons. The van der Waals surface area contributed by atoms with E-state index in [0.717, 1.165) is 37.3 Å². The third-order valence-corrected chi connectivity index (χ3v) is 3.87. The summed E-state index contributed by atoms with van der Waals surface area (Å²) in [6.07, 6.45) is 1.20. The normalized spacial score (nSPS) is 19.8. The van der Waals surface area contributed by atoms with Crippen molar-refractivity contribution in [1.82, 2.24) is 10.2 Å². The number of likely N-dealkylation sites (tertiary alicyclic amines) is 1. The lowest BCUT2D eigenvalue weighted by molar-refractivity contribution is -0.385. The summed E-state index contributed by atoms with van der Waals surface area (Å²) < 4.78 is 0. The summed E-state index contributed by atoms with van der Waals surface area (Å²) in [4.78, 5) is 13.0. The molecule has 0 bridgehead atoms. The highest BCUT2D eigenvalue weighted by Crippen LogP contribution is 2.24. The second-order valence-electron chi connectivity index (χ2n) is 5.27. The summed E-state index contributed by atoms with van der Waals surface area (Å²) >= 11 is 0. The molecule has 5 nitrogen and oxygen atoms in total. The summed E-state index contributed by atoms with van der Waals surface area (Å²) in [6, 6.07) is 5.35. The van der Waals surface area contributed by atoms with Crippen LogP contribution in [0.5, 0.6) is 0 Å². The molecule has 1 aliphatic rings. The minimum absolute atomic E-state index is 0.225. The molecule has 1 aliphatic heterocycles. The molecular weight excluding hydrogens is 242 g/mol. The third-order valence-electron chi connectivity index (χ3n) is 3.87. The van der Waals surface area contributed by atoms with Crippen molar-refractivity contribution in [2.45, 2.75) is 19.9 Å². The van der Waals surface area contributed by atoms with Gasteiger partial charge in [0, 0.05) is 24.7 Å². The molecular formula is C14H21N3O2. The van der Waals surface area contributed by atoms with Crippen LogP contribution < -0.4 is 5.32 Å². The van der Waals surface area contributed by atoms with Crippen LogP contribution in [0.15, 0.2) is 18.2 Å². The average molecular weight is 263 g/mol. The molecule has 1 fully saturated rings. The molecule has 1 aromatic carbocycles. The highest BCUT2D eigenvalue weighted by molar-refractivity contribution is 5.44. The lowest BCUT2D eigenvalue weighted by atomic mass is 10.1. The zero-order chi connectivity index (χ0) is 13.8. The highest BCUT2D eigenvalue weighted by Gasteiger charge is 2.23. The van der Waals surface area contributed by atoms with Crippen molar-refractivity contribution in [2.75, 3.05) is 26.7 Å². The molecule has 2 rings (SSSR count). The molecule has 0 aliphatic carbocycles. The Morgan fingerprint density at radius 3 is 3.00 bits per heavy atom. The van der Waals surface area contributed by atoms with Gasteiger partial charge in [-0.05, 0) is 45.0 Å². The predicted octanol–water partition coefficient (Wildman–Crippen LogP) is 1.94. The first-order valence-corrected chi connectivity index (χ1v) is 6.71. The molecule has 0 amide bonds. The van der Waals surface area contributed by atoms with Crippen molar-refractivity contribution in [2.24, 2.45) is 5.92 Å². The molecule has 0 spiro atoms. The topological polar surface area (TPSA) is 58.4 Å². The van der Waals surface area contributed by atoms with E-state index in [0.29, 0.717) is 5.92 Å². The Balaban J connectivity index is 2.04. The van der Waals surface area contributed by atoms with Crippen LogP contribution in [0.3, 0.4) is 0 Å². The van der Waals surface area contributed by atoms with E-state index in [-0.39, 0.29) is 10.6 Å². The Morgan fingerprint density at radius 1 is 1.53 bits per heavy atom. The summed E-state index contributed by atoms with van der Waals surface area (Å²) in [7, 11) is 1.98. The van der Waals surface area contributed by atoms with E-state index in [9.17, 15) is 10.1 Å². The number of rotatable bonds is 5. The highest BCUT2D eigenvalue weighted by atomic mass is 16.6. The lowest BCUT2D eigenvalue weighted by Gasteiger charge is -2.17. The summed E-state index contributed by atoms with van der Waals surface area (Å²) in [5.74, 6) is 0.698. The fourth-order valence-corrected chi connectivity index (χ4v) is 2.79. The number of hydrogen-bond donors (Lipinski definition) is 1.